The van der Waals surface area contributed by atoms with Gasteiger partial charge in [-0.05, 0) is 44.9 Å². The summed E-state index contributed by atoms with van der Waals surface area (Å²) in [6.07, 6.45) is 1.54. The van der Waals surface area contributed by atoms with Crippen LogP contribution in [0.1, 0.15) is 26.7 Å². The highest BCUT2D eigenvalue weighted by molar-refractivity contribution is 5.93. The molecule has 0 spiro atoms. The van der Waals surface area contributed by atoms with Crippen LogP contribution >= 0.6 is 0 Å². The van der Waals surface area contributed by atoms with Crippen LogP contribution in [-0.4, -0.2) is 47.9 Å². The molecule has 5 nitrogen and oxygen atoms in total. The van der Waals surface area contributed by atoms with Gasteiger partial charge in [0.15, 0.2) is 0 Å². The van der Waals surface area contributed by atoms with E-state index in [-0.39, 0.29) is 23.7 Å². The maximum atomic E-state index is 13.2. The molecule has 1 aromatic carbocycles. The Morgan fingerprint density at radius 3 is 2.74 bits per heavy atom. The van der Waals surface area contributed by atoms with Crippen molar-refractivity contribution in [3.63, 3.8) is 0 Å². The zero-order valence-corrected chi connectivity index (χ0v) is 13.7. The summed E-state index contributed by atoms with van der Waals surface area (Å²) in [5.41, 5.74) is 0.446. The lowest BCUT2D eigenvalue weighted by molar-refractivity contribution is -0.121. The first-order chi connectivity index (χ1) is 11.0. The summed E-state index contributed by atoms with van der Waals surface area (Å²) in [4.78, 5) is 28.3. The van der Waals surface area contributed by atoms with E-state index < -0.39 is 0 Å². The van der Waals surface area contributed by atoms with Crippen LogP contribution < -0.4 is 5.32 Å². The third-order valence-corrected chi connectivity index (χ3v) is 4.19. The average molecular weight is 321 g/mol. The molecule has 1 N–H and O–H groups in total. The molecule has 1 aliphatic rings. The Hall–Kier alpha value is -2.11. The molecule has 126 valence electrons. The third kappa shape index (κ3) is 4.43. The average Bonchev–Trinajstić information content (AvgIpc) is 2.56. The first kappa shape index (κ1) is 17.2. The Labute approximate surface area is 136 Å². The number of hydrogen-bond acceptors (Lipinski definition) is 2. The van der Waals surface area contributed by atoms with Crippen LogP contribution in [0, 0.1) is 11.7 Å². The predicted octanol–water partition coefficient (Wildman–Crippen LogP) is 2.94. The molecule has 1 aliphatic heterocycles. The van der Waals surface area contributed by atoms with Crippen LogP contribution in [0.2, 0.25) is 0 Å². The number of likely N-dealkylation sites (tertiary alicyclic amines) is 1. The summed E-state index contributed by atoms with van der Waals surface area (Å²) in [7, 11) is 0. The molecule has 1 fully saturated rings. The van der Waals surface area contributed by atoms with Gasteiger partial charge in [-0.2, -0.15) is 0 Å². The van der Waals surface area contributed by atoms with Gasteiger partial charge in [0.2, 0.25) is 5.91 Å². The lowest BCUT2D eigenvalue weighted by atomic mass is 9.97. The molecule has 1 aromatic rings. The lowest BCUT2D eigenvalue weighted by Gasteiger charge is -2.35. The largest absolute Gasteiger partial charge is 0.326 e. The Bertz CT molecular complexity index is 561. The second-order valence-electron chi connectivity index (χ2n) is 5.74. The quantitative estimate of drug-likeness (QED) is 0.927. The maximum absolute atomic E-state index is 13.2. The first-order valence-corrected chi connectivity index (χ1v) is 8.15. The predicted molar refractivity (Wildman–Crippen MR) is 87.6 cm³/mol. The van der Waals surface area contributed by atoms with E-state index in [1.54, 1.807) is 21.9 Å². The summed E-state index contributed by atoms with van der Waals surface area (Å²) >= 11 is 0. The highest BCUT2D eigenvalue weighted by atomic mass is 19.1. The van der Waals surface area contributed by atoms with Gasteiger partial charge >= 0.3 is 6.03 Å². The van der Waals surface area contributed by atoms with E-state index in [0.717, 1.165) is 12.8 Å². The Morgan fingerprint density at radius 1 is 1.35 bits per heavy atom. The van der Waals surface area contributed by atoms with Crippen molar-refractivity contribution in [2.24, 2.45) is 5.92 Å². The van der Waals surface area contributed by atoms with Gasteiger partial charge in [0.1, 0.15) is 5.82 Å². The number of piperidine rings is 1. The molecule has 2 rings (SSSR count). The van der Waals surface area contributed by atoms with E-state index in [1.165, 1.54) is 12.1 Å². The van der Waals surface area contributed by atoms with Gasteiger partial charge in [-0.1, -0.05) is 6.07 Å². The van der Waals surface area contributed by atoms with E-state index in [1.807, 2.05) is 13.8 Å². The highest BCUT2D eigenvalue weighted by Gasteiger charge is 2.30. The van der Waals surface area contributed by atoms with E-state index in [9.17, 15) is 14.0 Å². The molecule has 23 heavy (non-hydrogen) atoms. The topological polar surface area (TPSA) is 52.7 Å². The Balaban J connectivity index is 1.97. The molecule has 0 saturated carbocycles. The summed E-state index contributed by atoms with van der Waals surface area (Å²) < 4.78 is 13.2. The lowest BCUT2D eigenvalue weighted by Crippen LogP contribution is -2.49. The molecular weight excluding hydrogens is 297 g/mol. The van der Waals surface area contributed by atoms with Gasteiger partial charge < -0.3 is 15.1 Å². The SMILES string of the molecule is CCN(CC)C(=O)N1CCC[C@@H](C(=O)Nc2cccc(F)c2)C1. The molecule has 3 amide bonds. The summed E-state index contributed by atoms with van der Waals surface area (Å²) in [5, 5.41) is 2.74. The number of rotatable bonds is 4. The van der Waals surface area contributed by atoms with Crippen molar-refractivity contribution in [1.29, 1.82) is 0 Å². The summed E-state index contributed by atoms with van der Waals surface area (Å²) in [6, 6.07) is 5.82. The van der Waals surface area contributed by atoms with Crippen molar-refractivity contribution in [2.75, 3.05) is 31.5 Å². The normalized spacial score (nSPS) is 17.7. The van der Waals surface area contributed by atoms with Gasteiger partial charge in [0.05, 0.1) is 5.92 Å². The molecule has 0 aliphatic carbocycles. The molecule has 1 heterocycles. The molecule has 1 atom stereocenters. The van der Waals surface area contributed by atoms with Crippen LogP contribution in [0.15, 0.2) is 24.3 Å². The zero-order valence-electron chi connectivity index (χ0n) is 13.7. The molecule has 1 saturated heterocycles. The van der Waals surface area contributed by atoms with Crippen molar-refractivity contribution in [1.82, 2.24) is 9.80 Å². The number of nitrogens with zero attached hydrogens (tertiary/aromatic N) is 2. The summed E-state index contributed by atoms with van der Waals surface area (Å²) in [5.74, 6) is -0.802. The first-order valence-electron chi connectivity index (χ1n) is 8.15. The van der Waals surface area contributed by atoms with Gasteiger partial charge in [0.25, 0.3) is 0 Å². The van der Waals surface area contributed by atoms with Crippen LogP contribution in [0.5, 0.6) is 0 Å². The van der Waals surface area contributed by atoms with E-state index in [2.05, 4.69) is 5.32 Å². The van der Waals surface area contributed by atoms with Crippen molar-refractivity contribution in [2.45, 2.75) is 26.7 Å². The van der Waals surface area contributed by atoms with Gasteiger partial charge in [0, 0.05) is 31.9 Å². The van der Waals surface area contributed by atoms with Crippen LogP contribution in [0.4, 0.5) is 14.9 Å². The smallest absolute Gasteiger partial charge is 0.320 e. The number of urea groups is 1. The van der Waals surface area contributed by atoms with Crippen molar-refractivity contribution in [3.05, 3.63) is 30.1 Å². The second-order valence-corrected chi connectivity index (χ2v) is 5.74. The van der Waals surface area contributed by atoms with Gasteiger partial charge in [-0.25, -0.2) is 9.18 Å². The molecule has 0 radical (unpaired) electrons. The monoisotopic (exact) mass is 321 g/mol. The number of anilines is 1. The van der Waals surface area contributed by atoms with Crippen LogP contribution in [0.3, 0.4) is 0 Å². The number of carbonyl (C=O) groups is 2. The third-order valence-electron chi connectivity index (χ3n) is 4.19. The number of nitrogens with one attached hydrogen (secondary N) is 1. The van der Waals surface area contributed by atoms with E-state index in [0.29, 0.717) is 31.9 Å². The number of benzene rings is 1. The minimum atomic E-state index is -0.384. The highest BCUT2D eigenvalue weighted by Crippen LogP contribution is 2.20. The zero-order chi connectivity index (χ0) is 16.8. The molecule has 0 unspecified atom stereocenters. The number of carbonyl (C=O) groups excluding carboxylic acids is 2. The number of halogens is 1. The molecule has 0 bridgehead atoms. The molecule has 0 aromatic heterocycles. The van der Waals surface area contributed by atoms with E-state index >= 15 is 0 Å². The minimum absolute atomic E-state index is 0.0155. The maximum Gasteiger partial charge on any atom is 0.320 e. The molecular formula is C17H24FN3O2. The van der Waals surface area contributed by atoms with Crippen LogP contribution in [-0.2, 0) is 4.79 Å². The number of amides is 3. The Morgan fingerprint density at radius 2 is 2.09 bits per heavy atom. The fraction of sp³-hybridized carbons (Fsp3) is 0.529. The fourth-order valence-electron chi connectivity index (χ4n) is 2.87. The summed E-state index contributed by atoms with van der Waals surface area (Å²) in [6.45, 7) is 6.30. The second kappa shape index (κ2) is 7.94. The van der Waals surface area contributed by atoms with Crippen molar-refractivity contribution < 1.29 is 14.0 Å². The van der Waals surface area contributed by atoms with Crippen molar-refractivity contribution >= 4 is 17.6 Å². The molecule has 6 heteroatoms. The van der Waals surface area contributed by atoms with Gasteiger partial charge in [-0.15, -0.1) is 0 Å². The number of hydrogen-bond donors (Lipinski definition) is 1. The van der Waals surface area contributed by atoms with Crippen molar-refractivity contribution in [3.8, 4) is 0 Å². The van der Waals surface area contributed by atoms with Crippen LogP contribution in [0.25, 0.3) is 0 Å². The minimum Gasteiger partial charge on any atom is -0.326 e. The fourth-order valence-corrected chi connectivity index (χ4v) is 2.87. The van der Waals surface area contributed by atoms with Gasteiger partial charge in [-0.3, -0.25) is 4.79 Å². The standard InChI is InChI=1S/C17H24FN3O2/c1-3-20(4-2)17(23)21-10-6-7-13(12-21)16(22)19-15-9-5-8-14(18)11-15/h5,8-9,11,13H,3-4,6-7,10,12H2,1-2H3,(H,19,22)/t13-/m1/s1. The Kier molecular flexibility index (Phi) is 5.96. The van der Waals surface area contributed by atoms with E-state index in [4.69, 9.17) is 0 Å².